The maximum absolute atomic E-state index is 9.08. The average molecular weight is 1110 g/mol. The first-order valence-corrected chi connectivity index (χ1v) is 25.2. The van der Waals surface area contributed by atoms with E-state index < -0.39 is 0 Å². The topological polar surface area (TPSA) is 282 Å². The van der Waals surface area contributed by atoms with Crippen LogP contribution < -0.4 is 28.7 Å². The Kier molecular flexibility index (Phi) is 20.8. The minimum absolute atomic E-state index is 0. The minimum Gasteiger partial charge on any atom is -0.531 e. The fourth-order valence-corrected chi connectivity index (χ4v) is 7.90. The van der Waals surface area contributed by atoms with Crippen LogP contribution in [0.5, 0.6) is 0 Å². The van der Waals surface area contributed by atoms with Crippen molar-refractivity contribution in [3.8, 4) is 0 Å². The number of fused-ring (bicyclic) bond motifs is 4. The van der Waals surface area contributed by atoms with Gasteiger partial charge in [0.05, 0.1) is 32.9 Å². The number of benzene rings is 3. The predicted molar refractivity (Wildman–Crippen MR) is 310 cm³/mol. The molecule has 76 heavy (non-hydrogen) atoms. The van der Waals surface area contributed by atoms with Crippen LogP contribution in [0.1, 0.15) is 174 Å². The number of nitrogen functional groups attached to an aromatic ring is 4. The summed E-state index contributed by atoms with van der Waals surface area (Å²) in [6.07, 6.45) is 1.82. The molecule has 3 aromatic carbocycles. The number of hydrogen-bond acceptors (Lipinski definition) is 14. The first-order chi connectivity index (χ1) is 34.5. The van der Waals surface area contributed by atoms with Crippen molar-refractivity contribution < 1.29 is 50.8 Å². The molecule has 0 aliphatic rings. The Bertz CT molecular complexity index is 3210. The quantitative estimate of drug-likeness (QED) is 0.0580. The molecule has 1 radical (unpaired) electrons. The number of aromatic nitrogens is 6. The van der Waals surface area contributed by atoms with Crippen LogP contribution in [0.4, 0.5) is 23.3 Å². The fraction of sp³-hybridized carbons (Fsp3) is 0.441. The predicted octanol–water partition coefficient (Wildman–Crippen LogP) is 13.9. The largest absolute Gasteiger partial charge is 0.531 e. The zero-order valence-corrected chi connectivity index (χ0v) is 51.8. The number of aryl methyl sites for hydroxylation is 4. The number of nitrogens with zero attached hydrogens (tertiary/aromatic N) is 7. The molecule has 0 aliphatic heterocycles. The molecular formula is C59H82N12O4Y-2. The molecule has 6 heterocycles. The van der Waals surface area contributed by atoms with E-state index in [1.165, 1.54) is 5.56 Å². The van der Waals surface area contributed by atoms with Gasteiger partial charge in [-0.2, -0.15) is 11.4 Å². The number of anilines is 4. The van der Waals surface area contributed by atoms with E-state index in [2.05, 4.69) is 166 Å². The van der Waals surface area contributed by atoms with Crippen LogP contribution >= 0.6 is 0 Å². The molecule has 0 aliphatic carbocycles. The van der Waals surface area contributed by atoms with Gasteiger partial charge in [-0.1, -0.05) is 157 Å². The zero-order chi connectivity index (χ0) is 56.9. The molecule has 0 bridgehead atoms. The molecule has 9 aromatic rings. The van der Waals surface area contributed by atoms with E-state index >= 15 is 0 Å². The van der Waals surface area contributed by atoms with Gasteiger partial charge in [0, 0.05) is 66.6 Å². The van der Waals surface area contributed by atoms with E-state index in [1.807, 2.05) is 65.1 Å². The van der Waals surface area contributed by atoms with Crippen LogP contribution in [0.15, 0.2) is 72.8 Å². The summed E-state index contributed by atoms with van der Waals surface area (Å²) < 4.78 is 21.1. The third kappa shape index (κ3) is 15.4. The van der Waals surface area contributed by atoms with Crippen molar-refractivity contribution in [1.82, 2.24) is 30.6 Å². The molecule has 407 valence electrons. The molecule has 0 unspecified atom stereocenters. The smallest absolute Gasteiger partial charge is 0.191 e. The van der Waals surface area contributed by atoms with Gasteiger partial charge >= 0.3 is 0 Å². The van der Waals surface area contributed by atoms with Gasteiger partial charge in [-0.15, -0.1) is 29.8 Å². The van der Waals surface area contributed by atoms with E-state index in [4.69, 9.17) is 52.2 Å². The van der Waals surface area contributed by atoms with Crippen molar-refractivity contribution in [2.24, 2.45) is 5.73 Å². The van der Waals surface area contributed by atoms with E-state index in [-0.39, 0.29) is 65.6 Å². The van der Waals surface area contributed by atoms with E-state index in [1.54, 1.807) is 6.07 Å². The molecule has 9 rings (SSSR count). The van der Waals surface area contributed by atoms with Gasteiger partial charge in [0.2, 0.25) is 0 Å². The Balaban J connectivity index is 0.000000247. The Hall–Kier alpha value is -6.39. The normalized spacial score (nSPS) is 11.7. The summed E-state index contributed by atoms with van der Waals surface area (Å²) in [6, 6.07) is 18.9. The second kappa shape index (κ2) is 24.7. The number of pyridine rings is 2. The summed E-state index contributed by atoms with van der Waals surface area (Å²) in [5.41, 5.74) is 41.2. The maximum atomic E-state index is 9.08. The molecule has 6 aromatic heterocycles. The number of hydrogen-bond donors (Lipinski definition) is 5. The molecule has 0 amide bonds. The maximum Gasteiger partial charge on any atom is 0.191 e. The van der Waals surface area contributed by atoms with Crippen molar-refractivity contribution >= 4 is 73.0 Å². The molecule has 0 atom stereocenters. The first kappa shape index (κ1) is 63.9. The number of nitrogens with two attached hydrogens (primary N) is 5. The summed E-state index contributed by atoms with van der Waals surface area (Å²) in [7, 11) is 0. The second-order valence-corrected chi connectivity index (χ2v) is 23.7. The Morgan fingerprint density at radius 3 is 1.49 bits per heavy atom. The van der Waals surface area contributed by atoms with Crippen LogP contribution in [-0.2, 0) is 59.8 Å². The van der Waals surface area contributed by atoms with E-state index in [0.29, 0.717) is 40.0 Å². The summed E-state index contributed by atoms with van der Waals surface area (Å²) in [6.45, 7) is 43.7. The van der Waals surface area contributed by atoms with Gasteiger partial charge in [0.25, 0.3) is 0 Å². The Morgan fingerprint density at radius 2 is 0.987 bits per heavy atom. The van der Waals surface area contributed by atoms with Gasteiger partial charge in [-0.05, 0) is 72.8 Å². The fourth-order valence-electron chi connectivity index (χ4n) is 7.90. The van der Waals surface area contributed by atoms with Crippen molar-refractivity contribution in [3.63, 3.8) is 0 Å². The van der Waals surface area contributed by atoms with Crippen LogP contribution in [0.2, 0.25) is 0 Å². The summed E-state index contributed by atoms with van der Waals surface area (Å²) in [4.78, 5) is 8.90. The molecule has 10 N–H and O–H groups in total. The Morgan fingerprint density at radius 1 is 0.513 bits per heavy atom. The molecular weight excluding hydrogens is 1030 g/mol. The first-order valence-electron chi connectivity index (χ1n) is 25.2. The average Bonchev–Trinajstić information content (AvgIpc) is 4.09. The third-order valence-electron chi connectivity index (χ3n) is 11.8. The van der Waals surface area contributed by atoms with E-state index in [0.717, 1.165) is 77.6 Å². The minimum atomic E-state index is -0.175. The van der Waals surface area contributed by atoms with Crippen molar-refractivity contribution in [1.29, 1.82) is 0 Å². The van der Waals surface area contributed by atoms with E-state index in [9.17, 15) is 0 Å². The molecule has 16 nitrogen and oxygen atoms in total. The van der Waals surface area contributed by atoms with Crippen molar-refractivity contribution in [3.05, 3.63) is 122 Å². The summed E-state index contributed by atoms with van der Waals surface area (Å²) >= 11 is 0. The van der Waals surface area contributed by atoms with Gasteiger partial charge < -0.3 is 52.2 Å². The SMILES string of the molecule is CC.CC(C)(C)c1[c-]c(C(=[N-])N)ccc1.Cc1cc(C(C)(C)C)c2onc(N)c2c1.Cc1cc2c(N)noc2c(C(C)(C)C)n1.Cc1ccc(C(C)(C)C)c2onc(N)c12.Cc1cnc(C(C)(C)C)c2onc(N)c12.[Y]. The van der Waals surface area contributed by atoms with Crippen LogP contribution in [0.25, 0.3) is 49.3 Å². The van der Waals surface area contributed by atoms with Crippen LogP contribution in [0, 0.1) is 33.8 Å². The van der Waals surface area contributed by atoms with Gasteiger partial charge in [-0.25, -0.2) is 0 Å². The number of rotatable bonds is 1. The third-order valence-corrected chi connectivity index (χ3v) is 11.8. The molecule has 0 spiro atoms. The standard InChI is InChI=1S/2C12H16N2O.2C11H15N3O.C11H14N2.C2H6.Y/c1-7-5-8-10(15-14-11(8)13)9(6-7)12(2,3)4;1-7-5-6-8(12(2,3)4)10-9(7)11(13)14-15-10;1-6-5-13-9(11(2,3)4)8-7(6)10(12)14-15-8;1-6-5-7-8(15-14-10(7)12)9(13-6)11(2,3)4;1-11(2,3)9-6-4-5-8(7-9)10(12)13;1-2;/h2*5-6H,1-4H3,(H2,13,14);2*5H,1-4H3,(H2,12,14);4-6H,1-3H3,(H2-,12,13);1-2H3;/q;;;;-2;;. The molecule has 17 heteroatoms. The summed E-state index contributed by atoms with van der Waals surface area (Å²) in [5, 5.41) is 27.9. The van der Waals surface area contributed by atoms with Crippen LogP contribution in [0.3, 0.4) is 0 Å². The van der Waals surface area contributed by atoms with Crippen molar-refractivity contribution in [2.75, 3.05) is 22.9 Å². The second-order valence-electron chi connectivity index (χ2n) is 23.7. The molecule has 0 saturated carbocycles. The van der Waals surface area contributed by atoms with Gasteiger partial charge in [-0.3, -0.25) is 9.97 Å². The van der Waals surface area contributed by atoms with Gasteiger partial charge in [0.1, 0.15) is 0 Å². The molecule has 0 saturated heterocycles. The Labute approximate surface area is 474 Å². The zero-order valence-electron chi connectivity index (χ0n) is 48.9. The number of amidine groups is 1. The molecule has 0 fully saturated rings. The monoisotopic (exact) mass is 1110 g/mol. The van der Waals surface area contributed by atoms with Crippen LogP contribution in [-0.4, -0.2) is 36.4 Å². The summed E-state index contributed by atoms with van der Waals surface area (Å²) in [5.74, 6) is 1.65. The van der Waals surface area contributed by atoms with Gasteiger partial charge in [0.15, 0.2) is 45.6 Å². The van der Waals surface area contributed by atoms with Crippen molar-refractivity contribution in [2.45, 2.75) is 172 Å².